The lowest BCUT2D eigenvalue weighted by Crippen LogP contribution is -2.12. The van der Waals surface area contributed by atoms with Gasteiger partial charge in [-0.2, -0.15) is 11.3 Å². The molecule has 0 saturated heterocycles. The summed E-state index contributed by atoms with van der Waals surface area (Å²) < 4.78 is 10.7. The minimum atomic E-state index is -0.277. The Morgan fingerprint density at radius 1 is 1.04 bits per heavy atom. The van der Waals surface area contributed by atoms with E-state index in [9.17, 15) is 4.79 Å². The quantitative estimate of drug-likeness (QED) is 0.452. The van der Waals surface area contributed by atoms with Crippen LogP contribution in [0.15, 0.2) is 45.8 Å². The van der Waals surface area contributed by atoms with Gasteiger partial charge in [-0.25, -0.2) is 9.97 Å². The first-order valence-corrected chi connectivity index (χ1v) is 10.9. The fourth-order valence-electron chi connectivity index (χ4n) is 2.52. The third kappa shape index (κ3) is 3.77. The number of anilines is 1. The second-order valence-electron chi connectivity index (χ2n) is 5.61. The summed E-state index contributed by atoms with van der Waals surface area (Å²) in [6, 6.07) is 7.51. The molecule has 3 heterocycles. The number of carbonyl (C=O) groups is 1. The molecule has 0 fully saturated rings. The van der Waals surface area contributed by atoms with Crippen LogP contribution in [0.25, 0.3) is 21.8 Å². The van der Waals surface area contributed by atoms with Gasteiger partial charge in [-0.3, -0.25) is 10.1 Å². The zero-order valence-corrected chi connectivity index (χ0v) is 17.4. The number of aromatic nitrogens is 2. The van der Waals surface area contributed by atoms with Crippen LogP contribution in [0, 0.1) is 0 Å². The molecule has 1 amide bonds. The van der Waals surface area contributed by atoms with Gasteiger partial charge in [0, 0.05) is 33.3 Å². The molecule has 0 atom stereocenters. The molecule has 1 N–H and O–H groups in total. The monoisotopic (exact) mass is 429 g/mol. The molecule has 0 aliphatic rings. The number of methoxy groups -OCH3 is 2. The Hall–Kier alpha value is -2.75. The standard InChI is InChI=1S/C19H15N3O3S3/c1-24-12-3-4-13(16(7-12)25-2)14-9-28-19(21-14)22-17(23)15-10-27-18(20-15)11-5-6-26-8-11/h3-10H,1-2H3,(H,21,22,23). The van der Waals surface area contributed by atoms with E-state index in [2.05, 4.69) is 15.3 Å². The molecule has 28 heavy (non-hydrogen) atoms. The van der Waals surface area contributed by atoms with Gasteiger partial charge in [-0.15, -0.1) is 22.7 Å². The lowest BCUT2D eigenvalue weighted by Gasteiger charge is -2.08. The van der Waals surface area contributed by atoms with Crippen LogP contribution >= 0.6 is 34.0 Å². The van der Waals surface area contributed by atoms with E-state index in [4.69, 9.17) is 9.47 Å². The summed E-state index contributed by atoms with van der Waals surface area (Å²) in [6.45, 7) is 0. The molecular formula is C19H15N3O3S3. The molecule has 0 bridgehead atoms. The Balaban J connectivity index is 1.52. The van der Waals surface area contributed by atoms with Crippen molar-refractivity contribution in [3.05, 3.63) is 51.5 Å². The van der Waals surface area contributed by atoms with E-state index in [1.807, 2.05) is 34.3 Å². The number of thiazole rings is 2. The van der Waals surface area contributed by atoms with Crippen LogP contribution in [0.3, 0.4) is 0 Å². The summed E-state index contributed by atoms with van der Waals surface area (Å²) in [5, 5.41) is 11.8. The fourth-order valence-corrected chi connectivity index (χ4v) is 4.74. The van der Waals surface area contributed by atoms with E-state index >= 15 is 0 Å². The molecule has 0 spiro atoms. The first kappa shape index (κ1) is 18.6. The van der Waals surface area contributed by atoms with Gasteiger partial charge in [0.25, 0.3) is 5.91 Å². The van der Waals surface area contributed by atoms with Gasteiger partial charge >= 0.3 is 0 Å². The van der Waals surface area contributed by atoms with Gasteiger partial charge in [0.1, 0.15) is 22.2 Å². The lowest BCUT2D eigenvalue weighted by atomic mass is 10.1. The highest BCUT2D eigenvalue weighted by atomic mass is 32.1. The summed E-state index contributed by atoms with van der Waals surface area (Å²) in [6.07, 6.45) is 0. The van der Waals surface area contributed by atoms with E-state index in [1.165, 1.54) is 22.7 Å². The molecule has 6 nitrogen and oxygen atoms in total. The minimum Gasteiger partial charge on any atom is -0.497 e. The summed E-state index contributed by atoms with van der Waals surface area (Å²) in [4.78, 5) is 21.4. The Bertz CT molecular complexity index is 1100. The number of ether oxygens (including phenoxy) is 2. The van der Waals surface area contributed by atoms with Gasteiger partial charge in [0.2, 0.25) is 0 Å². The zero-order valence-electron chi connectivity index (χ0n) is 15.0. The molecule has 0 aliphatic carbocycles. The molecule has 4 aromatic rings. The van der Waals surface area contributed by atoms with Crippen LogP contribution in [-0.4, -0.2) is 30.1 Å². The number of thiophene rings is 1. The molecule has 0 radical (unpaired) electrons. The number of rotatable bonds is 6. The predicted octanol–water partition coefficient (Wildman–Crippen LogP) is 5.26. The van der Waals surface area contributed by atoms with Crippen molar-refractivity contribution in [3.63, 3.8) is 0 Å². The van der Waals surface area contributed by atoms with Crippen molar-refractivity contribution in [2.45, 2.75) is 0 Å². The molecule has 3 aromatic heterocycles. The van der Waals surface area contributed by atoms with Gasteiger partial charge in [-0.05, 0) is 23.6 Å². The molecule has 1 aromatic carbocycles. The third-order valence-corrected chi connectivity index (χ3v) is 6.25. The van der Waals surface area contributed by atoms with Crippen molar-refractivity contribution in [3.8, 4) is 33.3 Å². The smallest absolute Gasteiger partial charge is 0.276 e. The van der Waals surface area contributed by atoms with E-state index in [0.717, 1.165) is 21.8 Å². The van der Waals surface area contributed by atoms with Crippen molar-refractivity contribution in [2.24, 2.45) is 0 Å². The normalized spacial score (nSPS) is 10.6. The van der Waals surface area contributed by atoms with Crippen molar-refractivity contribution in [1.82, 2.24) is 9.97 Å². The van der Waals surface area contributed by atoms with Crippen LogP contribution in [0.4, 0.5) is 5.13 Å². The van der Waals surface area contributed by atoms with Crippen LogP contribution in [0.5, 0.6) is 11.5 Å². The number of hydrogen-bond donors (Lipinski definition) is 1. The largest absolute Gasteiger partial charge is 0.497 e. The Morgan fingerprint density at radius 2 is 1.93 bits per heavy atom. The second kappa shape index (κ2) is 8.09. The van der Waals surface area contributed by atoms with Crippen LogP contribution in [-0.2, 0) is 0 Å². The average molecular weight is 430 g/mol. The number of hydrogen-bond acceptors (Lipinski definition) is 8. The molecule has 4 rings (SSSR count). The summed E-state index contributed by atoms with van der Waals surface area (Å²) in [7, 11) is 3.20. The molecule has 142 valence electrons. The first-order chi connectivity index (χ1) is 13.7. The number of amides is 1. The number of nitrogens with zero attached hydrogens (tertiary/aromatic N) is 2. The zero-order chi connectivity index (χ0) is 19.5. The van der Waals surface area contributed by atoms with Gasteiger partial charge < -0.3 is 9.47 Å². The number of nitrogens with one attached hydrogen (secondary N) is 1. The van der Waals surface area contributed by atoms with E-state index in [1.54, 1.807) is 37.0 Å². The maximum atomic E-state index is 12.5. The van der Waals surface area contributed by atoms with E-state index in [-0.39, 0.29) is 5.91 Å². The predicted molar refractivity (Wildman–Crippen MR) is 114 cm³/mol. The summed E-state index contributed by atoms with van der Waals surface area (Å²) >= 11 is 4.39. The lowest BCUT2D eigenvalue weighted by molar-refractivity contribution is 0.102. The second-order valence-corrected chi connectivity index (χ2v) is 8.10. The first-order valence-electron chi connectivity index (χ1n) is 8.15. The van der Waals surface area contributed by atoms with E-state index in [0.29, 0.717) is 22.3 Å². The highest BCUT2D eigenvalue weighted by molar-refractivity contribution is 7.14. The SMILES string of the molecule is COc1ccc(-c2csc(NC(=O)c3csc(-c4ccsc4)n3)n2)c(OC)c1. The Kier molecular flexibility index (Phi) is 5.38. The van der Waals surface area contributed by atoms with Crippen molar-refractivity contribution in [2.75, 3.05) is 19.5 Å². The highest BCUT2D eigenvalue weighted by Crippen LogP contribution is 2.35. The maximum Gasteiger partial charge on any atom is 0.276 e. The van der Waals surface area contributed by atoms with Crippen molar-refractivity contribution in [1.29, 1.82) is 0 Å². The Morgan fingerprint density at radius 3 is 2.68 bits per heavy atom. The molecule has 9 heteroatoms. The van der Waals surface area contributed by atoms with Crippen molar-refractivity contribution < 1.29 is 14.3 Å². The van der Waals surface area contributed by atoms with Crippen molar-refractivity contribution >= 4 is 45.0 Å². The van der Waals surface area contributed by atoms with Crippen LogP contribution < -0.4 is 14.8 Å². The van der Waals surface area contributed by atoms with Gasteiger partial charge in [-0.1, -0.05) is 0 Å². The number of carbonyl (C=O) groups excluding carboxylic acids is 1. The topological polar surface area (TPSA) is 73.3 Å². The van der Waals surface area contributed by atoms with Crippen LogP contribution in [0.2, 0.25) is 0 Å². The molecule has 0 unspecified atom stereocenters. The minimum absolute atomic E-state index is 0.277. The van der Waals surface area contributed by atoms with Crippen LogP contribution in [0.1, 0.15) is 10.5 Å². The number of benzene rings is 1. The summed E-state index contributed by atoms with van der Waals surface area (Å²) in [5.41, 5.74) is 2.95. The Labute approximate surface area is 173 Å². The third-order valence-electron chi connectivity index (χ3n) is 3.91. The van der Waals surface area contributed by atoms with E-state index < -0.39 is 0 Å². The molecule has 0 aliphatic heterocycles. The maximum absolute atomic E-state index is 12.5. The molecule has 0 saturated carbocycles. The van der Waals surface area contributed by atoms with Gasteiger partial charge in [0.05, 0.1) is 19.9 Å². The summed E-state index contributed by atoms with van der Waals surface area (Å²) in [5.74, 6) is 1.08. The highest BCUT2D eigenvalue weighted by Gasteiger charge is 2.16. The average Bonchev–Trinajstić information content (AvgIpc) is 3.48. The molecular weight excluding hydrogens is 414 g/mol. The fraction of sp³-hybridized carbons (Fsp3) is 0.105. The van der Waals surface area contributed by atoms with Gasteiger partial charge in [0.15, 0.2) is 5.13 Å².